The fourth-order valence-electron chi connectivity index (χ4n) is 2.15. The Balaban J connectivity index is 1.80. The first-order valence-electron chi connectivity index (χ1n) is 7.88. The van der Waals surface area contributed by atoms with Crippen molar-refractivity contribution in [1.29, 1.82) is 0 Å². The zero-order valence-electron chi connectivity index (χ0n) is 14.2. The second-order valence-electron chi connectivity index (χ2n) is 5.37. The fourth-order valence-corrected chi connectivity index (χ4v) is 2.15. The molecule has 25 heavy (non-hydrogen) atoms. The molecule has 2 aromatic rings. The van der Waals surface area contributed by atoms with Crippen LogP contribution in [0.25, 0.3) is 0 Å². The third kappa shape index (κ3) is 5.31. The monoisotopic (exact) mass is 345 g/mol. The minimum absolute atomic E-state index is 0.0151. The number of esters is 1. The highest BCUT2D eigenvalue weighted by molar-refractivity contribution is 5.91. The summed E-state index contributed by atoms with van der Waals surface area (Å²) in [5, 5.41) is 2.66. The van der Waals surface area contributed by atoms with Crippen LogP contribution in [0.1, 0.15) is 28.4 Å². The number of hydrogen-bond donors (Lipinski definition) is 1. The Bertz CT molecular complexity index is 744. The Hall–Kier alpha value is -2.89. The molecule has 2 rings (SSSR count). The van der Waals surface area contributed by atoms with E-state index in [-0.39, 0.29) is 11.3 Å². The molecule has 1 N–H and O–H groups in total. The third-order valence-electron chi connectivity index (χ3n) is 3.64. The smallest absolute Gasteiger partial charge is 0.338 e. The number of hydrogen-bond acceptors (Lipinski definition) is 4. The van der Waals surface area contributed by atoms with Crippen molar-refractivity contribution < 1.29 is 23.5 Å². The summed E-state index contributed by atoms with van der Waals surface area (Å²) in [6.45, 7) is 1.98. The van der Waals surface area contributed by atoms with Gasteiger partial charge in [0, 0.05) is 6.54 Å². The molecule has 1 amide bonds. The maximum absolute atomic E-state index is 13.6. The molecule has 0 aromatic heterocycles. The summed E-state index contributed by atoms with van der Waals surface area (Å²) in [5.41, 5.74) is 2.19. The summed E-state index contributed by atoms with van der Waals surface area (Å²) >= 11 is 0. The molecule has 0 saturated carbocycles. The highest BCUT2D eigenvalue weighted by Crippen LogP contribution is 2.18. The topological polar surface area (TPSA) is 64.6 Å². The molecule has 2 aromatic carbocycles. The first-order valence-corrected chi connectivity index (χ1v) is 7.88. The van der Waals surface area contributed by atoms with Gasteiger partial charge < -0.3 is 14.8 Å². The van der Waals surface area contributed by atoms with Crippen molar-refractivity contribution in [3.8, 4) is 5.75 Å². The molecule has 6 heteroatoms. The minimum Gasteiger partial charge on any atom is -0.494 e. The lowest BCUT2D eigenvalue weighted by Crippen LogP contribution is -2.28. The Kier molecular flexibility index (Phi) is 6.51. The van der Waals surface area contributed by atoms with Crippen molar-refractivity contribution in [2.24, 2.45) is 0 Å². The molecular weight excluding hydrogens is 325 g/mol. The maximum atomic E-state index is 13.6. The van der Waals surface area contributed by atoms with Gasteiger partial charge in [0.2, 0.25) is 0 Å². The van der Waals surface area contributed by atoms with Gasteiger partial charge in [-0.2, -0.15) is 0 Å². The van der Waals surface area contributed by atoms with Gasteiger partial charge in [-0.25, -0.2) is 9.18 Å². The summed E-state index contributed by atoms with van der Waals surface area (Å²) in [7, 11) is 1.33. The lowest BCUT2D eigenvalue weighted by atomic mass is 10.1. The molecule has 132 valence electrons. The first kappa shape index (κ1) is 18.4. The summed E-state index contributed by atoms with van der Waals surface area (Å²) in [4.78, 5) is 23.6. The predicted molar refractivity (Wildman–Crippen MR) is 90.9 cm³/mol. The van der Waals surface area contributed by atoms with Crippen LogP contribution in [0.15, 0.2) is 42.5 Å². The molecule has 0 aliphatic heterocycles. The van der Waals surface area contributed by atoms with Crippen LogP contribution in [0.5, 0.6) is 5.75 Å². The molecule has 0 saturated heterocycles. The van der Waals surface area contributed by atoms with Gasteiger partial charge in [0.25, 0.3) is 5.91 Å². The van der Waals surface area contributed by atoms with Crippen molar-refractivity contribution in [3.63, 3.8) is 0 Å². The predicted octanol–water partition coefficient (Wildman–Crippen LogP) is 2.87. The zero-order valence-corrected chi connectivity index (χ0v) is 14.2. The number of carbonyl (C=O) groups is 2. The van der Waals surface area contributed by atoms with Crippen LogP contribution in [0.4, 0.5) is 4.39 Å². The highest BCUT2D eigenvalue weighted by Gasteiger charge is 2.13. The molecule has 0 bridgehead atoms. The van der Waals surface area contributed by atoms with E-state index in [1.165, 1.54) is 24.8 Å². The third-order valence-corrected chi connectivity index (χ3v) is 3.64. The summed E-state index contributed by atoms with van der Waals surface area (Å²) in [6.07, 6.45) is 0.953. The standard InChI is InChI=1S/C19H20FNO4/c1-3-13-4-6-14(7-5-13)11-21-18(22)12-25-19(23)15-8-9-17(24-2)16(20)10-15/h4-10H,3,11-12H2,1-2H3,(H,21,22). The Morgan fingerprint density at radius 3 is 2.36 bits per heavy atom. The average Bonchev–Trinajstić information content (AvgIpc) is 2.64. The van der Waals surface area contributed by atoms with Crippen molar-refractivity contribution in [3.05, 3.63) is 65.0 Å². The molecule has 0 spiro atoms. The molecular formula is C19H20FNO4. The van der Waals surface area contributed by atoms with Gasteiger partial charge in [0.15, 0.2) is 18.2 Å². The second kappa shape index (κ2) is 8.82. The molecule has 0 unspecified atom stereocenters. The summed E-state index contributed by atoms with van der Waals surface area (Å²) in [5.74, 6) is -1.84. The SMILES string of the molecule is CCc1ccc(CNC(=O)COC(=O)c2ccc(OC)c(F)c2)cc1. The van der Waals surface area contributed by atoms with E-state index < -0.39 is 24.3 Å². The van der Waals surface area contributed by atoms with Gasteiger partial charge in [-0.1, -0.05) is 31.2 Å². The van der Waals surface area contributed by atoms with E-state index in [4.69, 9.17) is 9.47 Å². The second-order valence-corrected chi connectivity index (χ2v) is 5.37. The van der Waals surface area contributed by atoms with Gasteiger partial charge in [0.05, 0.1) is 12.7 Å². The first-order chi connectivity index (χ1) is 12.0. The van der Waals surface area contributed by atoms with Gasteiger partial charge >= 0.3 is 5.97 Å². The lowest BCUT2D eigenvalue weighted by Gasteiger charge is -2.08. The van der Waals surface area contributed by atoms with Gasteiger partial charge in [0.1, 0.15) is 0 Å². The van der Waals surface area contributed by atoms with E-state index >= 15 is 0 Å². The molecule has 0 aliphatic rings. The number of rotatable bonds is 7. The van der Waals surface area contributed by atoms with Gasteiger partial charge in [-0.3, -0.25) is 4.79 Å². The number of halogens is 1. The Morgan fingerprint density at radius 1 is 1.08 bits per heavy atom. The number of methoxy groups -OCH3 is 1. The number of ether oxygens (including phenoxy) is 2. The van der Waals surface area contributed by atoms with Crippen LogP contribution in [0, 0.1) is 5.82 Å². The van der Waals surface area contributed by atoms with Crippen LogP contribution >= 0.6 is 0 Å². The zero-order chi connectivity index (χ0) is 18.2. The van der Waals surface area contributed by atoms with Gasteiger partial charge in [-0.05, 0) is 35.7 Å². The average molecular weight is 345 g/mol. The molecule has 5 nitrogen and oxygen atoms in total. The lowest BCUT2D eigenvalue weighted by molar-refractivity contribution is -0.124. The van der Waals surface area contributed by atoms with E-state index in [1.807, 2.05) is 24.3 Å². The largest absolute Gasteiger partial charge is 0.494 e. The maximum Gasteiger partial charge on any atom is 0.338 e. The Labute approximate surface area is 145 Å². The summed E-state index contributed by atoms with van der Waals surface area (Å²) < 4.78 is 23.2. The van der Waals surface area contributed by atoms with E-state index in [0.29, 0.717) is 6.54 Å². The fraction of sp³-hybridized carbons (Fsp3) is 0.263. The quantitative estimate of drug-likeness (QED) is 0.784. The van der Waals surface area contributed by atoms with Gasteiger partial charge in [-0.15, -0.1) is 0 Å². The van der Waals surface area contributed by atoms with Crippen LogP contribution in [0.2, 0.25) is 0 Å². The molecule has 0 aliphatic carbocycles. The van der Waals surface area contributed by atoms with Crippen LogP contribution < -0.4 is 10.1 Å². The number of benzene rings is 2. The van der Waals surface area contributed by atoms with Crippen LogP contribution in [-0.2, 0) is 22.5 Å². The van der Waals surface area contributed by atoms with E-state index in [9.17, 15) is 14.0 Å². The summed E-state index contributed by atoms with van der Waals surface area (Å²) in [6, 6.07) is 11.6. The van der Waals surface area contributed by atoms with Crippen molar-refractivity contribution in [1.82, 2.24) is 5.32 Å². The van der Waals surface area contributed by atoms with Crippen LogP contribution in [-0.4, -0.2) is 25.6 Å². The Morgan fingerprint density at radius 2 is 1.76 bits per heavy atom. The molecule has 0 atom stereocenters. The van der Waals surface area contributed by atoms with Crippen LogP contribution in [0.3, 0.4) is 0 Å². The van der Waals surface area contributed by atoms with Crippen molar-refractivity contribution >= 4 is 11.9 Å². The highest BCUT2D eigenvalue weighted by atomic mass is 19.1. The van der Waals surface area contributed by atoms with Crippen molar-refractivity contribution in [2.75, 3.05) is 13.7 Å². The normalized spacial score (nSPS) is 10.2. The molecule has 0 radical (unpaired) electrons. The number of nitrogens with one attached hydrogen (secondary N) is 1. The van der Waals surface area contributed by atoms with E-state index in [2.05, 4.69) is 12.2 Å². The number of amides is 1. The van der Waals surface area contributed by atoms with E-state index in [0.717, 1.165) is 18.1 Å². The molecule has 0 fully saturated rings. The minimum atomic E-state index is -0.774. The van der Waals surface area contributed by atoms with E-state index in [1.54, 1.807) is 0 Å². The molecule has 0 heterocycles. The van der Waals surface area contributed by atoms with Crippen molar-refractivity contribution in [2.45, 2.75) is 19.9 Å². The number of aryl methyl sites for hydroxylation is 1. The number of carbonyl (C=O) groups excluding carboxylic acids is 2.